The van der Waals surface area contributed by atoms with Crippen LogP contribution < -0.4 is 5.73 Å². The third-order valence-corrected chi connectivity index (χ3v) is 5.60. The Balaban J connectivity index is 2.04. The lowest BCUT2D eigenvalue weighted by atomic mass is 9.81. The zero-order valence-electron chi connectivity index (χ0n) is 14.7. The molecule has 2 amide bonds. The van der Waals surface area contributed by atoms with Gasteiger partial charge in [0.2, 0.25) is 5.91 Å². The molecular weight excluding hydrogens is 361 g/mol. The summed E-state index contributed by atoms with van der Waals surface area (Å²) in [5, 5.41) is 0.867. The Kier molecular flexibility index (Phi) is 6.72. The highest BCUT2D eigenvalue weighted by atomic mass is 35.5. The van der Waals surface area contributed by atoms with Crippen molar-refractivity contribution in [1.82, 2.24) is 9.80 Å². The van der Waals surface area contributed by atoms with E-state index in [0.29, 0.717) is 48.3 Å². The van der Waals surface area contributed by atoms with Gasteiger partial charge in [-0.15, -0.1) is 0 Å². The van der Waals surface area contributed by atoms with E-state index in [1.807, 2.05) is 18.7 Å². The van der Waals surface area contributed by atoms with Crippen molar-refractivity contribution >= 4 is 35.0 Å². The molecule has 2 N–H and O–H groups in total. The Labute approximate surface area is 159 Å². The maximum absolute atomic E-state index is 12.9. The highest BCUT2D eigenvalue weighted by molar-refractivity contribution is 6.35. The monoisotopic (exact) mass is 385 g/mol. The Bertz CT molecular complexity index is 611. The maximum atomic E-state index is 12.9. The predicted molar refractivity (Wildman–Crippen MR) is 101 cm³/mol. The van der Waals surface area contributed by atoms with Gasteiger partial charge in [-0.25, -0.2) is 0 Å². The molecule has 1 aromatic rings. The van der Waals surface area contributed by atoms with Crippen LogP contribution in [-0.4, -0.2) is 54.3 Å². The summed E-state index contributed by atoms with van der Waals surface area (Å²) in [5.74, 6) is -0.0227. The van der Waals surface area contributed by atoms with Crippen molar-refractivity contribution in [2.24, 2.45) is 11.1 Å². The second-order valence-corrected chi connectivity index (χ2v) is 7.31. The van der Waals surface area contributed by atoms with E-state index >= 15 is 0 Å². The Morgan fingerprint density at radius 3 is 1.92 bits per heavy atom. The number of amides is 2. The van der Waals surface area contributed by atoms with E-state index in [2.05, 4.69) is 0 Å². The van der Waals surface area contributed by atoms with Crippen LogP contribution in [0, 0.1) is 5.41 Å². The van der Waals surface area contributed by atoms with E-state index in [4.69, 9.17) is 28.9 Å². The van der Waals surface area contributed by atoms with Crippen molar-refractivity contribution in [2.45, 2.75) is 26.7 Å². The lowest BCUT2D eigenvalue weighted by molar-refractivity contribution is -0.143. The van der Waals surface area contributed by atoms with Crippen LogP contribution in [0.3, 0.4) is 0 Å². The SMILES string of the molecule is CCC(CC)(CN)C(=O)N1CCN(C(=O)c2cc(Cl)cc(Cl)c2)CC1. The van der Waals surface area contributed by atoms with Gasteiger partial charge in [0.15, 0.2) is 0 Å². The minimum atomic E-state index is -0.493. The summed E-state index contributed by atoms with van der Waals surface area (Å²) in [6.07, 6.45) is 1.44. The summed E-state index contributed by atoms with van der Waals surface area (Å²) in [7, 11) is 0. The lowest BCUT2D eigenvalue weighted by Crippen LogP contribution is -2.55. The van der Waals surface area contributed by atoms with Crippen molar-refractivity contribution in [3.63, 3.8) is 0 Å². The quantitative estimate of drug-likeness (QED) is 0.846. The summed E-state index contributed by atoms with van der Waals surface area (Å²) in [6, 6.07) is 4.82. The first-order valence-corrected chi connectivity index (χ1v) is 9.37. The number of carbonyl (C=O) groups is 2. The number of piperazine rings is 1. The summed E-state index contributed by atoms with van der Waals surface area (Å²) in [6.45, 7) is 6.35. The highest BCUT2D eigenvalue weighted by Crippen LogP contribution is 2.28. The van der Waals surface area contributed by atoms with Gasteiger partial charge in [0, 0.05) is 48.3 Å². The summed E-state index contributed by atoms with van der Waals surface area (Å²) in [5.41, 5.74) is 5.85. The van der Waals surface area contributed by atoms with Gasteiger partial charge in [-0.1, -0.05) is 37.0 Å². The average Bonchev–Trinajstić information content (AvgIpc) is 2.62. The van der Waals surface area contributed by atoms with Gasteiger partial charge < -0.3 is 15.5 Å². The minimum Gasteiger partial charge on any atom is -0.339 e. The summed E-state index contributed by atoms with van der Waals surface area (Å²) < 4.78 is 0. The van der Waals surface area contributed by atoms with Gasteiger partial charge in [0.05, 0.1) is 5.41 Å². The van der Waals surface area contributed by atoms with Gasteiger partial charge >= 0.3 is 0 Å². The largest absolute Gasteiger partial charge is 0.339 e. The molecule has 1 heterocycles. The third kappa shape index (κ3) is 4.27. The molecule has 0 aliphatic carbocycles. The molecule has 1 aromatic carbocycles. The molecule has 1 aliphatic rings. The van der Waals surface area contributed by atoms with Crippen LogP contribution in [0.5, 0.6) is 0 Å². The van der Waals surface area contributed by atoms with E-state index in [-0.39, 0.29) is 11.8 Å². The molecule has 1 aliphatic heterocycles. The molecule has 0 aromatic heterocycles. The number of nitrogens with zero attached hydrogens (tertiary/aromatic N) is 2. The van der Waals surface area contributed by atoms with Crippen molar-refractivity contribution < 1.29 is 9.59 Å². The lowest BCUT2D eigenvalue weighted by Gasteiger charge is -2.40. The molecule has 1 saturated heterocycles. The number of hydrogen-bond donors (Lipinski definition) is 1. The molecular formula is C18H25Cl2N3O2. The van der Waals surface area contributed by atoms with Gasteiger partial charge in [-0.2, -0.15) is 0 Å². The van der Waals surface area contributed by atoms with Crippen LogP contribution in [0.25, 0.3) is 0 Å². The molecule has 7 heteroatoms. The van der Waals surface area contributed by atoms with Crippen LogP contribution in [0.15, 0.2) is 18.2 Å². The number of carbonyl (C=O) groups excluding carboxylic acids is 2. The zero-order valence-corrected chi connectivity index (χ0v) is 16.2. The van der Waals surface area contributed by atoms with Crippen molar-refractivity contribution in [3.8, 4) is 0 Å². The Morgan fingerprint density at radius 2 is 1.48 bits per heavy atom. The van der Waals surface area contributed by atoms with Crippen LogP contribution in [0.1, 0.15) is 37.0 Å². The molecule has 0 spiro atoms. The number of nitrogens with two attached hydrogens (primary N) is 1. The maximum Gasteiger partial charge on any atom is 0.254 e. The molecule has 1 fully saturated rings. The molecule has 0 unspecified atom stereocenters. The second kappa shape index (κ2) is 8.39. The topological polar surface area (TPSA) is 66.6 Å². The molecule has 0 radical (unpaired) electrons. The standard InChI is InChI=1S/C18H25Cl2N3O2/c1-3-18(4-2,12-21)17(25)23-7-5-22(6-8-23)16(24)13-9-14(19)11-15(20)10-13/h9-11H,3-8,12,21H2,1-2H3. The molecule has 0 saturated carbocycles. The fourth-order valence-corrected chi connectivity index (χ4v) is 3.76. The van der Waals surface area contributed by atoms with Crippen LogP contribution in [-0.2, 0) is 4.79 Å². The van der Waals surface area contributed by atoms with Gasteiger partial charge in [-0.3, -0.25) is 9.59 Å². The number of hydrogen-bond acceptors (Lipinski definition) is 3. The van der Waals surface area contributed by atoms with E-state index in [9.17, 15) is 9.59 Å². The first kappa shape index (κ1) is 20.0. The predicted octanol–water partition coefficient (Wildman–Crippen LogP) is 3.04. The first-order chi connectivity index (χ1) is 11.9. The van der Waals surface area contributed by atoms with Crippen LogP contribution >= 0.6 is 23.2 Å². The zero-order chi connectivity index (χ0) is 18.6. The average molecular weight is 386 g/mol. The molecule has 5 nitrogen and oxygen atoms in total. The molecule has 2 rings (SSSR count). The smallest absolute Gasteiger partial charge is 0.254 e. The molecule has 25 heavy (non-hydrogen) atoms. The molecule has 0 bridgehead atoms. The van der Waals surface area contributed by atoms with Crippen LogP contribution in [0.2, 0.25) is 10.0 Å². The van der Waals surface area contributed by atoms with Gasteiger partial charge in [0.25, 0.3) is 5.91 Å². The number of halogens is 2. The van der Waals surface area contributed by atoms with E-state index < -0.39 is 5.41 Å². The second-order valence-electron chi connectivity index (χ2n) is 6.43. The number of rotatable bonds is 5. The normalized spacial score (nSPS) is 15.4. The van der Waals surface area contributed by atoms with E-state index in [1.165, 1.54) is 0 Å². The summed E-state index contributed by atoms with van der Waals surface area (Å²) in [4.78, 5) is 29.0. The van der Waals surface area contributed by atoms with Crippen molar-refractivity contribution in [2.75, 3.05) is 32.7 Å². The van der Waals surface area contributed by atoms with Crippen molar-refractivity contribution in [3.05, 3.63) is 33.8 Å². The highest BCUT2D eigenvalue weighted by Gasteiger charge is 2.38. The minimum absolute atomic E-state index is 0.0953. The first-order valence-electron chi connectivity index (χ1n) is 8.61. The van der Waals surface area contributed by atoms with Crippen molar-refractivity contribution in [1.29, 1.82) is 0 Å². The third-order valence-electron chi connectivity index (χ3n) is 5.16. The van der Waals surface area contributed by atoms with Gasteiger partial charge in [0.1, 0.15) is 0 Å². The van der Waals surface area contributed by atoms with E-state index in [1.54, 1.807) is 23.1 Å². The van der Waals surface area contributed by atoms with E-state index in [0.717, 1.165) is 12.8 Å². The molecule has 0 atom stereocenters. The Morgan fingerprint density at radius 1 is 1.00 bits per heavy atom. The number of benzene rings is 1. The van der Waals surface area contributed by atoms with Crippen LogP contribution in [0.4, 0.5) is 0 Å². The summed E-state index contributed by atoms with van der Waals surface area (Å²) >= 11 is 12.0. The fourth-order valence-electron chi connectivity index (χ4n) is 3.24. The fraction of sp³-hybridized carbons (Fsp3) is 0.556. The Hall–Kier alpha value is -1.30. The molecule has 138 valence electrons. The van der Waals surface area contributed by atoms with Gasteiger partial charge in [-0.05, 0) is 31.0 Å².